The van der Waals surface area contributed by atoms with Crippen LogP contribution < -0.4 is 5.73 Å². The summed E-state index contributed by atoms with van der Waals surface area (Å²) in [6.45, 7) is 0. The Morgan fingerprint density at radius 2 is 2.10 bits per heavy atom. The average molecular weight is 181 g/mol. The first-order valence-corrected chi connectivity index (χ1v) is 3.91. The summed E-state index contributed by atoms with van der Waals surface area (Å²) in [4.78, 5) is 10.0. The molecule has 0 saturated heterocycles. The van der Waals surface area contributed by atoms with E-state index in [1.54, 1.807) is 0 Å². The highest BCUT2D eigenvalue weighted by Gasteiger charge is 2.10. The monoisotopic (exact) mass is 181 g/mol. The van der Waals surface area contributed by atoms with Crippen molar-refractivity contribution in [2.24, 2.45) is 5.73 Å². The quantitative estimate of drug-likeness (QED) is 0.374. The second-order valence-corrected chi connectivity index (χ2v) is 3.25. The van der Waals surface area contributed by atoms with E-state index in [1.807, 2.05) is 0 Å². The zero-order valence-corrected chi connectivity index (χ0v) is 7.19. The lowest BCUT2D eigenvalue weighted by Gasteiger charge is -2.11. The van der Waals surface area contributed by atoms with Crippen LogP contribution in [0.25, 0.3) is 0 Å². The van der Waals surface area contributed by atoms with E-state index < -0.39 is 5.97 Å². The van der Waals surface area contributed by atoms with E-state index in [2.05, 4.69) is 25.3 Å². The summed E-state index contributed by atoms with van der Waals surface area (Å²) in [5, 5.41) is 7.76. The number of thiol groups is 2. The maximum absolute atomic E-state index is 10.0. The molecule has 5 heteroatoms. The van der Waals surface area contributed by atoms with Gasteiger partial charge in [0.2, 0.25) is 0 Å². The van der Waals surface area contributed by atoms with Gasteiger partial charge in [-0.15, -0.1) is 0 Å². The smallest absolute Gasteiger partial charge is 0.303 e. The van der Waals surface area contributed by atoms with Crippen LogP contribution in [0.15, 0.2) is 0 Å². The molecular formula is C5H11NO2S2. The second kappa shape index (κ2) is 4.87. The lowest BCUT2D eigenvalue weighted by molar-refractivity contribution is -0.137. The molecule has 0 amide bonds. The highest BCUT2D eigenvalue weighted by molar-refractivity contribution is 7.85. The van der Waals surface area contributed by atoms with Crippen molar-refractivity contribution in [3.05, 3.63) is 0 Å². The number of carboxylic acid groups (broad SMARTS) is 1. The molecule has 0 saturated carbocycles. The van der Waals surface area contributed by atoms with Crippen molar-refractivity contribution in [3.8, 4) is 0 Å². The molecule has 0 rings (SSSR count). The molecule has 0 bridgehead atoms. The first kappa shape index (κ1) is 10.1. The average Bonchev–Trinajstić information content (AvgIpc) is 1.82. The van der Waals surface area contributed by atoms with Gasteiger partial charge in [0.1, 0.15) is 0 Å². The van der Waals surface area contributed by atoms with Crippen LogP contribution in [0.1, 0.15) is 12.8 Å². The van der Waals surface area contributed by atoms with E-state index in [4.69, 9.17) is 10.8 Å². The van der Waals surface area contributed by atoms with Gasteiger partial charge in [0.05, 0.1) is 5.37 Å². The standard InChI is InChI=1S/C5H11NO2S2/c6-5(10)3(9)1-2-4(7)8/h3,5,9-10H,1-2,6H2,(H,7,8). The van der Waals surface area contributed by atoms with E-state index in [9.17, 15) is 4.79 Å². The molecule has 0 spiro atoms. The summed E-state index contributed by atoms with van der Waals surface area (Å²) < 4.78 is 0. The van der Waals surface area contributed by atoms with Crippen LogP contribution in [-0.2, 0) is 4.79 Å². The molecule has 0 aliphatic heterocycles. The van der Waals surface area contributed by atoms with Gasteiger partial charge in [-0.3, -0.25) is 4.79 Å². The van der Waals surface area contributed by atoms with Gasteiger partial charge in [0.15, 0.2) is 0 Å². The lowest BCUT2D eigenvalue weighted by atomic mass is 10.2. The van der Waals surface area contributed by atoms with Crippen LogP contribution in [0.4, 0.5) is 0 Å². The molecule has 0 aliphatic rings. The van der Waals surface area contributed by atoms with Crippen molar-refractivity contribution in [1.82, 2.24) is 0 Å². The van der Waals surface area contributed by atoms with E-state index in [1.165, 1.54) is 0 Å². The normalized spacial score (nSPS) is 16.3. The fourth-order valence-electron chi connectivity index (χ4n) is 0.442. The summed E-state index contributed by atoms with van der Waals surface area (Å²) in [5.74, 6) is -0.826. The molecule has 0 aliphatic carbocycles. The third kappa shape index (κ3) is 4.96. The van der Waals surface area contributed by atoms with E-state index in [-0.39, 0.29) is 17.0 Å². The van der Waals surface area contributed by atoms with E-state index in [0.29, 0.717) is 6.42 Å². The van der Waals surface area contributed by atoms with Crippen molar-refractivity contribution in [2.45, 2.75) is 23.5 Å². The first-order valence-electron chi connectivity index (χ1n) is 2.87. The summed E-state index contributed by atoms with van der Waals surface area (Å²) in [6.07, 6.45) is 0.561. The minimum Gasteiger partial charge on any atom is -0.481 e. The summed E-state index contributed by atoms with van der Waals surface area (Å²) in [7, 11) is 0. The highest BCUT2D eigenvalue weighted by atomic mass is 32.1. The van der Waals surface area contributed by atoms with Crippen molar-refractivity contribution in [2.75, 3.05) is 0 Å². The maximum Gasteiger partial charge on any atom is 0.303 e. The molecule has 0 radical (unpaired) electrons. The summed E-state index contributed by atoms with van der Waals surface area (Å²) in [5.41, 5.74) is 5.32. The lowest BCUT2D eigenvalue weighted by Crippen LogP contribution is -2.25. The van der Waals surface area contributed by atoms with Gasteiger partial charge in [-0.2, -0.15) is 25.3 Å². The zero-order chi connectivity index (χ0) is 8.15. The second-order valence-electron chi connectivity index (χ2n) is 1.99. The predicted molar refractivity (Wildman–Crippen MR) is 46.6 cm³/mol. The van der Waals surface area contributed by atoms with E-state index >= 15 is 0 Å². The predicted octanol–water partition coefficient (Wildman–Crippen LogP) is 0.364. The fourth-order valence-corrected chi connectivity index (χ4v) is 0.720. The SMILES string of the molecule is NC(S)C(S)CCC(=O)O. The molecule has 0 aromatic carbocycles. The molecule has 60 valence electrons. The molecule has 0 fully saturated rings. The first-order chi connectivity index (χ1) is 4.54. The van der Waals surface area contributed by atoms with E-state index in [0.717, 1.165) is 0 Å². The van der Waals surface area contributed by atoms with Gasteiger partial charge in [-0.05, 0) is 6.42 Å². The van der Waals surface area contributed by atoms with Crippen LogP contribution in [-0.4, -0.2) is 21.7 Å². The Balaban J connectivity index is 3.39. The Morgan fingerprint density at radius 1 is 1.60 bits per heavy atom. The summed E-state index contributed by atoms with van der Waals surface area (Å²) in [6, 6.07) is 0. The Hall–Kier alpha value is 0.130. The van der Waals surface area contributed by atoms with Gasteiger partial charge in [-0.1, -0.05) is 0 Å². The van der Waals surface area contributed by atoms with Crippen LogP contribution in [0.3, 0.4) is 0 Å². The van der Waals surface area contributed by atoms with Crippen molar-refractivity contribution < 1.29 is 9.90 Å². The number of carboxylic acids is 1. The Kier molecular flexibility index (Phi) is 4.93. The molecule has 3 N–H and O–H groups in total. The Morgan fingerprint density at radius 3 is 2.40 bits per heavy atom. The molecule has 0 heterocycles. The van der Waals surface area contributed by atoms with Crippen molar-refractivity contribution in [1.29, 1.82) is 0 Å². The van der Waals surface area contributed by atoms with Crippen LogP contribution >= 0.6 is 25.3 Å². The fraction of sp³-hybridized carbons (Fsp3) is 0.800. The van der Waals surface area contributed by atoms with Gasteiger partial charge >= 0.3 is 5.97 Å². The molecule has 0 aromatic rings. The number of hydrogen-bond acceptors (Lipinski definition) is 4. The molecular weight excluding hydrogens is 170 g/mol. The highest BCUT2D eigenvalue weighted by Crippen LogP contribution is 2.10. The largest absolute Gasteiger partial charge is 0.481 e. The minimum absolute atomic E-state index is 0.0996. The Labute approximate surface area is 70.8 Å². The third-order valence-corrected chi connectivity index (χ3v) is 2.22. The molecule has 0 aromatic heterocycles. The number of hydrogen-bond donors (Lipinski definition) is 4. The van der Waals surface area contributed by atoms with Gasteiger partial charge < -0.3 is 10.8 Å². The number of nitrogens with two attached hydrogens (primary N) is 1. The molecule has 2 atom stereocenters. The zero-order valence-electron chi connectivity index (χ0n) is 5.40. The maximum atomic E-state index is 10.0. The van der Waals surface area contributed by atoms with Gasteiger partial charge in [-0.25, -0.2) is 0 Å². The Bertz CT molecular complexity index is 118. The number of rotatable bonds is 4. The minimum atomic E-state index is -0.826. The topological polar surface area (TPSA) is 63.3 Å². The third-order valence-electron chi connectivity index (χ3n) is 1.05. The van der Waals surface area contributed by atoms with Gasteiger partial charge in [0, 0.05) is 11.7 Å². The molecule has 3 nitrogen and oxygen atoms in total. The van der Waals surface area contributed by atoms with Crippen LogP contribution in [0, 0.1) is 0 Å². The van der Waals surface area contributed by atoms with Crippen molar-refractivity contribution in [3.63, 3.8) is 0 Å². The summed E-state index contributed by atoms with van der Waals surface area (Å²) >= 11 is 7.94. The van der Waals surface area contributed by atoms with Crippen LogP contribution in [0.2, 0.25) is 0 Å². The molecule has 10 heavy (non-hydrogen) atoms. The number of carbonyl (C=O) groups is 1. The van der Waals surface area contributed by atoms with Crippen LogP contribution in [0.5, 0.6) is 0 Å². The van der Waals surface area contributed by atoms with Gasteiger partial charge in [0.25, 0.3) is 0 Å². The number of aliphatic carboxylic acids is 1. The molecule has 2 unspecified atom stereocenters. The van der Waals surface area contributed by atoms with Crippen molar-refractivity contribution >= 4 is 31.2 Å².